The molecule has 0 aromatic heterocycles. The van der Waals surface area contributed by atoms with Gasteiger partial charge in [0.05, 0.1) is 6.61 Å². The van der Waals surface area contributed by atoms with E-state index in [4.69, 9.17) is 5.11 Å². The van der Waals surface area contributed by atoms with E-state index in [1.54, 1.807) is 0 Å². The second-order valence-electron chi connectivity index (χ2n) is 5.32. The summed E-state index contributed by atoms with van der Waals surface area (Å²) in [4.78, 5) is 13.9. The van der Waals surface area contributed by atoms with Gasteiger partial charge in [-0.15, -0.1) is 0 Å². The van der Waals surface area contributed by atoms with Crippen molar-refractivity contribution in [3.63, 3.8) is 0 Å². The van der Waals surface area contributed by atoms with Crippen molar-refractivity contribution in [3.05, 3.63) is 24.3 Å². The molecule has 5 heteroatoms. The van der Waals surface area contributed by atoms with Crippen LogP contribution < -0.4 is 15.5 Å². The topological polar surface area (TPSA) is 64.6 Å². The van der Waals surface area contributed by atoms with E-state index < -0.39 is 0 Å². The van der Waals surface area contributed by atoms with Gasteiger partial charge in [0.2, 0.25) is 0 Å². The Morgan fingerprint density at radius 1 is 1.40 bits per heavy atom. The average molecular weight is 277 g/mol. The minimum atomic E-state index is -0.288. The molecule has 5 nitrogen and oxygen atoms in total. The summed E-state index contributed by atoms with van der Waals surface area (Å²) < 4.78 is 0. The highest BCUT2D eigenvalue weighted by molar-refractivity contribution is 5.89. The Bertz CT molecular complexity index is 442. The fraction of sp³-hybridized carbons (Fsp3) is 0.533. The molecule has 3 N–H and O–H groups in total. The zero-order valence-corrected chi connectivity index (χ0v) is 11.9. The lowest BCUT2D eigenvalue weighted by Gasteiger charge is -2.32. The Morgan fingerprint density at radius 2 is 2.15 bits per heavy atom. The molecule has 0 spiro atoms. The molecule has 1 heterocycles. The van der Waals surface area contributed by atoms with Crippen molar-refractivity contribution in [1.82, 2.24) is 5.32 Å². The average Bonchev–Trinajstić information content (AvgIpc) is 2.46. The summed E-state index contributed by atoms with van der Waals surface area (Å²) in [7, 11) is 0. The highest BCUT2D eigenvalue weighted by atomic mass is 16.3. The number of aliphatic hydroxyl groups is 1. The van der Waals surface area contributed by atoms with Crippen LogP contribution >= 0.6 is 0 Å². The van der Waals surface area contributed by atoms with Crippen LogP contribution in [0.1, 0.15) is 19.8 Å². The van der Waals surface area contributed by atoms with E-state index in [9.17, 15) is 4.79 Å². The molecule has 1 aliphatic rings. The summed E-state index contributed by atoms with van der Waals surface area (Å²) in [6, 6.07) is 7.61. The zero-order chi connectivity index (χ0) is 14.4. The molecule has 0 aliphatic carbocycles. The van der Waals surface area contributed by atoms with Crippen LogP contribution in [-0.4, -0.2) is 37.4 Å². The van der Waals surface area contributed by atoms with Crippen LogP contribution in [0.15, 0.2) is 24.3 Å². The molecule has 20 heavy (non-hydrogen) atoms. The third-order valence-electron chi connectivity index (χ3n) is 3.65. The molecule has 1 aliphatic heterocycles. The van der Waals surface area contributed by atoms with Crippen molar-refractivity contribution in [2.75, 3.05) is 36.5 Å². The highest BCUT2D eigenvalue weighted by Crippen LogP contribution is 2.25. The zero-order valence-electron chi connectivity index (χ0n) is 11.9. The maximum absolute atomic E-state index is 11.6. The second-order valence-corrected chi connectivity index (χ2v) is 5.32. The molecular weight excluding hydrogens is 254 g/mol. The fourth-order valence-electron chi connectivity index (χ4n) is 2.39. The molecule has 110 valence electrons. The first-order chi connectivity index (χ1) is 9.69. The second kappa shape index (κ2) is 7.14. The van der Waals surface area contributed by atoms with E-state index in [1.165, 1.54) is 12.8 Å². The van der Waals surface area contributed by atoms with Gasteiger partial charge in [-0.3, -0.25) is 0 Å². The van der Waals surface area contributed by atoms with Crippen LogP contribution in [0, 0.1) is 5.92 Å². The van der Waals surface area contributed by atoms with Gasteiger partial charge >= 0.3 is 6.03 Å². The summed E-state index contributed by atoms with van der Waals surface area (Å²) in [6.07, 6.45) is 2.43. The van der Waals surface area contributed by atoms with Gasteiger partial charge in [-0.2, -0.15) is 0 Å². The van der Waals surface area contributed by atoms with E-state index >= 15 is 0 Å². The summed E-state index contributed by atoms with van der Waals surface area (Å²) >= 11 is 0. The molecule has 2 rings (SSSR count). The van der Waals surface area contributed by atoms with Crippen LogP contribution in [0.3, 0.4) is 0 Å². The van der Waals surface area contributed by atoms with Gasteiger partial charge in [0.15, 0.2) is 0 Å². The normalized spacial score (nSPS) is 16.0. The van der Waals surface area contributed by atoms with Gasteiger partial charge in [-0.1, -0.05) is 13.0 Å². The van der Waals surface area contributed by atoms with Gasteiger partial charge < -0.3 is 20.6 Å². The van der Waals surface area contributed by atoms with Gasteiger partial charge in [0.25, 0.3) is 0 Å². The van der Waals surface area contributed by atoms with Crippen LogP contribution in [0.25, 0.3) is 0 Å². The largest absolute Gasteiger partial charge is 0.395 e. The number of hydrogen-bond donors (Lipinski definition) is 3. The number of piperidine rings is 1. The van der Waals surface area contributed by atoms with Crippen LogP contribution in [0.4, 0.5) is 16.2 Å². The Hall–Kier alpha value is -1.75. The Morgan fingerprint density at radius 3 is 2.85 bits per heavy atom. The molecule has 0 bridgehead atoms. The van der Waals surface area contributed by atoms with Crippen molar-refractivity contribution in [2.45, 2.75) is 19.8 Å². The quantitative estimate of drug-likeness (QED) is 0.789. The number of amides is 2. The van der Waals surface area contributed by atoms with Crippen LogP contribution in [0.2, 0.25) is 0 Å². The predicted octanol–water partition coefficient (Wildman–Crippen LogP) is 2.04. The molecule has 2 amide bonds. The summed E-state index contributed by atoms with van der Waals surface area (Å²) in [6.45, 7) is 4.64. The third-order valence-corrected chi connectivity index (χ3v) is 3.65. The number of rotatable bonds is 4. The van der Waals surface area contributed by atoms with E-state index in [-0.39, 0.29) is 19.2 Å². The first-order valence-electron chi connectivity index (χ1n) is 7.20. The maximum atomic E-state index is 11.6. The molecule has 1 aromatic rings. The van der Waals surface area contributed by atoms with Gasteiger partial charge in [-0.25, -0.2) is 4.79 Å². The van der Waals surface area contributed by atoms with Crippen molar-refractivity contribution >= 4 is 17.4 Å². The fourth-order valence-corrected chi connectivity index (χ4v) is 2.39. The number of aliphatic hydroxyl groups excluding tert-OH is 1. The van der Waals surface area contributed by atoms with E-state index in [1.807, 2.05) is 18.2 Å². The molecule has 0 atom stereocenters. The number of anilines is 2. The number of nitrogens with zero attached hydrogens (tertiary/aromatic N) is 1. The summed E-state index contributed by atoms with van der Waals surface area (Å²) in [5.74, 6) is 0.803. The first-order valence-corrected chi connectivity index (χ1v) is 7.20. The minimum Gasteiger partial charge on any atom is -0.395 e. The van der Waals surface area contributed by atoms with Gasteiger partial charge in [0, 0.05) is 31.0 Å². The van der Waals surface area contributed by atoms with Gasteiger partial charge in [0.1, 0.15) is 0 Å². The lowest BCUT2D eigenvalue weighted by molar-refractivity contribution is 0.245. The van der Waals surface area contributed by atoms with E-state index in [0.717, 1.165) is 30.4 Å². The number of hydrogen-bond acceptors (Lipinski definition) is 3. The number of nitrogens with one attached hydrogen (secondary N) is 2. The number of carbonyl (C=O) groups is 1. The molecule has 0 radical (unpaired) electrons. The van der Waals surface area contributed by atoms with Gasteiger partial charge in [-0.05, 0) is 37.0 Å². The molecule has 0 unspecified atom stereocenters. The van der Waals surface area contributed by atoms with E-state index in [2.05, 4.69) is 28.5 Å². The lowest BCUT2D eigenvalue weighted by atomic mass is 9.99. The van der Waals surface area contributed by atoms with Crippen molar-refractivity contribution < 1.29 is 9.90 Å². The maximum Gasteiger partial charge on any atom is 0.319 e. The highest BCUT2D eigenvalue weighted by Gasteiger charge is 2.16. The molecular formula is C15H23N3O2. The minimum absolute atomic E-state index is 0.0561. The molecule has 1 aromatic carbocycles. The monoisotopic (exact) mass is 277 g/mol. The molecule has 1 fully saturated rings. The van der Waals surface area contributed by atoms with Crippen molar-refractivity contribution in [2.24, 2.45) is 5.92 Å². The Balaban J connectivity index is 1.95. The smallest absolute Gasteiger partial charge is 0.319 e. The number of benzene rings is 1. The molecule has 1 saturated heterocycles. The third kappa shape index (κ3) is 4.13. The Labute approximate surface area is 120 Å². The van der Waals surface area contributed by atoms with Crippen molar-refractivity contribution in [3.8, 4) is 0 Å². The Kier molecular flexibility index (Phi) is 5.24. The molecule has 0 saturated carbocycles. The lowest BCUT2D eigenvalue weighted by Crippen LogP contribution is -2.33. The summed E-state index contributed by atoms with van der Waals surface area (Å²) in [5.41, 5.74) is 1.92. The van der Waals surface area contributed by atoms with Crippen LogP contribution in [0.5, 0.6) is 0 Å². The number of carbonyl (C=O) groups excluding carboxylic acids is 1. The van der Waals surface area contributed by atoms with E-state index in [0.29, 0.717) is 0 Å². The number of urea groups is 1. The van der Waals surface area contributed by atoms with Crippen molar-refractivity contribution in [1.29, 1.82) is 0 Å². The standard InChI is InChI=1S/C15H23N3O2/c1-12-5-8-18(9-6-12)14-4-2-3-13(11-14)17-15(20)16-7-10-19/h2-4,11-12,19H,5-10H2,1H3,(H2,16,17,20). The first kappa shape index (κ1) is 14.7. The van der Waals surface area contributed by atoms with Crippen LogP contribution in [-0.2, 0) is 0 Å². The predicted molar refractivity (Wildman–Crippen MR) is 81.2 cm³/mol. The SMILES string of the molecule is CC1CCN(c2cccc(NC(=O)NCCO)c2)CC1. The summed E-state index contributed by atoms with van der Waals surface area (Å²) in [5, 5.41) is 14.0.